The third kappa shape index (κ3) is 14.9. The summed E-state index contributed by atoms with van der Waals surface area (Å²) >= 11 is 0. The highest BCUT2D eigenvalue weighted by atomic mass is 19.4. The number of carbonyl (C=O) groups is 3. The molecule has 3 N–H and O–H groups in total. The van der Waals surface area contributed by atoms with Crippen LogP contribution in [0.15, 0.2) is 47.2 Å². The molecule has 2 aliphatic heterocycles. The van der Waals surface area contributed by atoms with Gasteiger partial charge in [0.1, 0.15) is 5.76 Å². The summed E-state index contributed by atoms with van der Waals surface area (Å²) < 4.78 is 107. The van der Waals surface area contributed by atoms with Gasteiger partial charge >= 0.3 is 36.4 Å². The lowest BCUT2D eigenvalue weighted by Gasteiger charge is -2.38. The van der Waals surface area contributed by atoms with E-state index in [0.717, 1.165) is 63.5 Å². The number of nitrogens with zero attached hydrogens (tertiary/aromatic N) is 3. The van der Waals surface area contributed by atoms with Crippen LogP contribution in [-0.4, -0.2) is 105 Å². The highest BCUT2D eigenvalue weighted by Gasteiger charge is 2.44. The number of hydrogen-bond acceptors (Lipinski definition) is 8. The molecular weight excluding hydrogens is 653 g/mol. The molecule has 2 aromatic heterocycles. The van der Waals surface area contributed by atoms with Crippen LogP contribution >= 0.6 is 0 Å². The Bertz CT molecular complexity index is 1160. The largest absolute Gasteiger partial charge is 0.490 e. The van der Waals surface area contributed by atoms with Crippen LogP contribution in [0.2, 0.25) is 0 Å². The van der Waals surface area contributed by atoms with E-state index in [-0.39, 0.29) is 5.60 Å². The topological polar surface area (TPSA) is 154 Å². The minimum Gasteiger partial charge on any atom is -0.475 e. The fourth-order valence-corrected chi connectivity index (χ4v) is 4.07. The monoisotopic (exact) mass is 683 g/mol. The molecule has 0 radical (unpaired) electrons. The zero-order valence-corrected chi connectivity index (χ0v) is 23.9. The van der Waals surface area contributed by atoms with Gasteiger partial charge in [-0.1, -0.05) is 6.07 Å². The number of furan rings is 1. The molecule has 0 aromatic carbocycles. The highest BCUT2D eigenvalue weighted by molar-refractivity contribution is 5.73. The second-order valence-corrected chi connectivity index (χ2v) is 9.85. The van der Waals surface area contributed by atoms with Gasteiger partial charge in [-0.15, -0.1) is 0 Å². The van der Waals surface area contributed by atoms with Crippen LogP contribution < -0.4 is 0 Å². The lowest BCUT2D eigenvalue weighted by atomic mass is 9.87. The number of pyridine rings is 1. The highest BCUT2D eigenvalue weighted by Crippen LogP contribution is 2.38. The van der Waals surface area contributed by atoms with Crippen LogP contribution in [0, 0.1) is 0 Å². The van der Waals surface area contributed by atoms with E-state index in [0.29, 0.717) is 6.04 Å². The first-order valence-corrected chi connectivity index (χ1v) is 12.9. The maximum absolute atomic E-state index is 10.6. The molecule has 20 heteroatoms. The molecule has 2 saturated heterocycles. The predicted molar refractivity (Wildman–Crippen MR) is 137 cm³/mol. The summed E-state index contributed by atoms with van der Waals surface area (Å²) in [6.45, 7) is 4.80. The van der Waals surface area contributed by atoms with Crippen LogP contribution in [0.5, 0.6) is 0 Å². The second kappa shape index (κ2) is 17.1. The van der Waals surface area contributed by atoms with E-state index in [4.69, 9.17) is 38.9 Å². The Morgan fingerprint density at radius 2 is 1.39 bits per heavy atom. The third-order valence-electron chi connectivity index (χ3n) is 6.40. The molecule has 0 saturated carbocycles. The van der Waals surface area contributed by atoms with Gasteiger partial charge in [0.25, 0.3) is 0 Å². The van der Waals surface area contributed by atoms with Gasteiger partial charge in [-0.25, -0.2) is 14.4 Å². The molecular formula is C26H30F9N3O8. The van der Waals surface area contributed by atoms with Gasteiger partial charge in [0.15, 0.2) is 0 Å². The number of piperidine rings is 1. The van der Waals surface area contributed by atoms with Crippen molar-refractivity contribution in [1.29, 1.82) is 0 Å². The van der Waals surface area contributed by atoms with Gasteiger partial charge in [-0.2, -0.15) is 39.5 Å². The summed E-state index contributed by atoms with van der Waals surface area (Å²) in [6, 6.07) is 10.6. The van der Waals surface area contributed by atoms with E-state index >= 15 is 0 Å². The van der Waals surface area contributed by atoms with Gasteiger partial charge in [0.05, 0.1) is 30.7 Å². The average molecular weight is 684 g/mol. The average Bonchev–Trinajstić information content (AvgIpc) is 3.61. The van der Waals surface area contributed by atoms with Crippen LogP contribution in [-0.2, 0) is 32.2 Å². The summed E-state index contributed by atoms with van der Waals surface area (Å²) in [7, 11) is 2.17. The summed E-state index contributed by atoms with van der Waals surface area (Å²) in [5, 5.41) is 21.4. The molecule has 1 unspecified atom stereocenters. The number of hydrogen-bond donors (Lipinski definition) is 3. The molecule has 4 heterocycles. The van der Waals surface area contributed by atoms with Crippen LogP contribution in [0.25, 0.3) is 0 Å². The Hall–Kier alpha value is -3.91. The van der Waals surface area contributed by atoms with E-state index in [2.05, 4.69) is 34.0 Å². The van der Waals surface area contributed by atoms with Crippen molar-refractivity contribution in [2.45, 2.75) is 62.5 Å². The normalized spacial score (nSPS) is 17.9. The Labute approximate surface area is 255 Å². The molecule has 11 nitrogen and oxygen atoms in total. The fraction of sp³-hybridized carbons (Fsp3) is 0.538. The van der Waals surface area contributed by atoms with Crippen LogP contribution in [0.4, 0.5) is 39.5 Å². The molecule has 0 aliphatic carbocycles. The maximum atomic E-state index is 10.6. The lowest BCUT2D eigenvalue weighted by Crippen LogP contribution is -2.44. The number of likely N-dealkylation sites (N-methyl/N-ethyl adjacent to an activating group) is 1. The standard InChI is InChI=1S/C20H27N3O2.3C2HF3O2/c1-22(15-19-6-4-12-24-19)18-13-20(25-16-18)7-10-23(11-8-20)14-17-5-2-3-9-21-17;3*3-2(4,5)1(6)7/h2-6,9,12,18H,7-8,10-11,13-16H2,1H3;3*(H,6,7). The lowest BCUT2D eigenvalue weighted by molar-refractivity contribution is -0.193. The van der Waals surface area contributed by atoms with Gasteiger partial charge in [-0.3, -0.25) is 14.8 Å². The second-order valence-electron chi connectivity index (χ2n) is 9.85. The smallest absolute Gasteiger partial charge is 0.475 e. The Morgan fingerprint density at radius 3 is 1.78 bits per heavy atom. The van der Waals surface area contributed by atoms with E-state index in [1.807, 2.05) is 24.4 Å². The first-order chi connectivity index (χ1) is 21.1. The van der Waals surface area contributed by atoms with Crippen molar-refractivity contribution in [1.82, 2.24) is 14.8 Å². The van der Waals surface area contributed by atoms with E-state index in [1.165, 1.54) is 0 Å². The number of carboxylic acids is 3. The summed E-state index contributed by atoms with van der Waals surface area (Å²) in [4.78, 5) is 36.0. The molecule has 0 amide bonds. The first-order valence-electron chi connectivity index (χ1n) is 12.9. The molecule has 2 fully saturated rings. The van der Waals surface area contributed by atoms with Gasteiger partial charge in [0, 0.05) is 31.9 Å². The molecule has 46 heavy (non-hydrogen) atoms. The Morgan fingerprint density at radius 1 is 0.891 bits per heavy atom. The minimum absolute atomic E-state index is 0.0721. The number of alkyl halides is 9. The number of carboxylic acid groups (broad SMARTS) is 3. The van der Waals surface area contributed by atoms with Crippen molar-refractivity contribution in [2.24, 2.45) is 0 Å². The zero-order valence-electron chi connectivity index (χ0n) is 23.9. The number of likely N-dealkylation sites (tertiary alicyclic amines) is 1. The van der Waals surface area contributed by atoms with Crippen molar-refractivity contribution in [2.75, 3.05) is 26.7 Å². The maximum Gasteiger partial charge on any atom is 0.490 e. The number of halogens is 9. The predicted octanol–water partition coefficient (Wildman–Crippen LogP) is 4.83. The third-order valence-corrected chi connectivity index (χ3v) is 6.40. The molecule has 260 valence electrons. The Balaban J connectivity index is 0.000000413. The number of rotatable bonds is 5. The minimum atomic E-state index is -5.08. The van der Waals surface area contributed by atoms with E-state index in [1.54, 1.807) is 6.26 Å². The molecule has 2 aliphatic rings. The summed E-state index contributed by atoms with van der Waals surface area (Å²) in [5.41, 5.74) is 1.23. The molecule has 4 rings (SSSR count). The van der Waals surface area contributed by atoms with E-state index in [9.17, 15) is 39.5 Å². The van der Waals surface area contributed by atoms with Gasteiger partial charge in [0.2, 0.25) is 0 Å². The molecule has 0 bridgehead atoms. The summed E-state index contributed by atoms with van der Waals surface area (Å²) in [5.74, 6) is -7.25. The van der Waals surface area contributed by atoms with Crippen LogP contribution in [0.3, 0.4) is 0 Å². The molecule has 1 spiro atoms. The van der Waals surface area contributed by atoms with Crippen molar-refractivity contribution >= 4 is 17.9 Å². The first kappa shape index (κ1) is 40.1. The fourth-order valence-electron chi connectivity index (χ4n) is 4.07. The molecule has 2 aromatic rings. The number of aliphatic carboxylic acids is 3. The van der Waals surface area contributed by atoms with E-state index < -0.39 is 36.4 Å². The van der Waals surface area contributed by atoms with Crippen molar-refractivity contribution < 1.29 is 78.4 Å². The molecule has 1 atom stereocenters. The van der Waals surface area contributed by atoms with Crippen molar-refractivity contribution in [3.63, 3.8) is 0 Å². The number of ether oxygens (including phenoxy) is 1. The number of aromatic nitrogens is 1. The van der Waals surface area contributed by atoms with Crippen molar-refractivity contribution in [3.8, 4) is 0 Å². The zero-order chi connectivity index (χ0) is 35.3. The quantitative estimate of drug-likeness (QED) is 0.372. The Kier molecular flexibility index (Phi) is 14.9. The SMILES string of the molecule is CN(Cc1ccco1)C1COC2(CCN(Cc3ccccn3)CC2)C1.O=C(O)C(F)(F)F.O=C(O)C(F)(F)F.O=C(O)C(F)(F)F. The van der Waals surface area contributed by atoms with Gasteiger partial charge in [-0.05, 0) is 50.6 Å². The van der Waals surface area contributed by atoms with Crippen LogP contribution in [0.1, 0.15) is 30.7 Å². The van der Waals surface area contributed by atoms with Crippen molar-refractivity contribution in [3.05, 3.63) is 54.2 Å². The van der Waals surface area contributed by atoms with Gasteiger partial charge < -0.3 is 24.5 Å². The summed E-state index contributed by atoms with van der Waals surface area (Å²) in [6.07, 6.45) is -8.27.